The van der Waals surface area contributed by atoms with E-state index in [4.69, 9.17) is 0 Å². The Balaban J connectivity index is 1.93. The van der Waals surface area contributed by atoms with Crippen LogP contribution in [0.15, 0.2) is 53.5 Å². The van der Waals surface area contributed by atoms with Gasteiger partial charge in [-0.15, -0.1) is 0 Å². The minimum absolute atomic E-state index is 0.168. The Labute approximate surface area is 187 Å². The largest absolute Gasteiger partial charge is 0.478 e. The fourth-order valence-electron chi connectivity index (χ4n) is 4.53. The number of hydrogen-bond acceptors (Lipinski definition) is 2. The minimum atomic E-state index is -1.41. The van der Waals surface area contributed by atoms with Crippen molar-refractivity contribution in [3.63, 3.8) is 0 Å². The lowest BCUT2D eigenvalue weighted by Crippen LogP contribution is -2.05. The summed E-state index contributed by atoms with van der Waals surface area (Å²) in [5.74, 6) is -3.88. The van der Waals surface area contributed by atoms with Crippen LogP contribution in [0.4, 0.5) is 13.2 Å². The van der Waals surface area contributed by atoms with Crippen molar-refractivity contribution in [3.8, 4) is 16.8 Å². The number of aromatic carboxylic acids is 1. The van der Waals surface area contributed by atoms with Crippen LogP contribution in [0.2, 0.25) is 0 Å². The van der Waals surface area contributed by atoms with Gasteiger partial charge < -0.3 is 9.67 Å². The van der Waals surface area contributed by atoms with Crippen molar-refractivity contribution in [1.29, 1.82) is 0 Å². The van der Waals surface area contributed by atoms with Gasteiger partial charge in [-0.1, -0.05) is 13.8 Å². The highest BCUT2D eigenvalue weighted by Crippen LogP contribution is 2.44. The van der Waals surface area contributed by atoms with Gasteiger partial charge in [0, 0.05) is 28.5 Å². The number of benzene rings is 3. The summed E-state index contributed by atoms with van der Waals surface area (Å²) in [7, 11) is 0. The first-order valence-electron chi connectivity index (χ1n) is 10.5. The lowest BCUT2D eigenvalue weighted by molar-refractivity contribution is 0.0695. The fourth-order valence-corrected chi connectivity index (χ4v) is 4.53. The third-order valence-electron chi connectivity index (χ3n) is 5.93. The number of carboxylic acids is 1. The van der Waals surface area contributed by atoms with E-state index in [-0.39, 0.29) is 11.5 Å². The van der Waals surface area contributed by atoms with Crippen molar-refractivity contribution in [3.05, 3.63) is 88.4 Å². The van der Waals surface area contributed by atoms with E-state index in [9.17, 15) is 14.3 Å². The third kappa shape index (κ3) is 3.31. The molecule has 0 unspecified atom stereocenters. The molecule has 1 aliphatic heterocycles. The molecule has 0 saturated carbocycles. The second-order valence-corrected chi connectivity index (χ2v) is 8.38. The molecule has 3 aromatic carbocycles. The smallest absolute Gasteiger partial charge is 0.335 e. The lowest BCUT2D eigenvalue weighted by Gasteiger charge is -2.16. The molecule has 0 fully saturated rings. The van der Waals surface area contributed by atoms with Gasteiger partial charge in [0.05, 0.1) is 23.2 Å². The van der Waals surface area contributed by atoms with E-state index in [2.05, 4.69) is 4.99 Å². The van der Waals surface area contributed by atoms with E-state index in [0.717, 1.165) is 23.3 Å². The SMILES string of the molecule is CC(C)c1c(-c2c(F)cc(C(=O)O)cc2F)c2cc3c(cc2n1-c1ccc(F)cc1)C=NC3. The maximum absolute atomic E-state index is 15.3. The number of nitrogens with zero attached hydrogens (tertiary/aromatic N) is 2. The van der Waals surface area contributed by atoms with Crippen molar-refractivity contribution in [2.45, 2.75) is 26.3 Å². The zero-order chi connectivity index (χ0) is 23.4. The highest BCUT2D eigenvalue weighted by atomic mass is 19.1. The van der Waals surface area contributed by atoms with Crippen LogP contribution < -0.4 is 0 Å². The van der Waals surface area contributed by atoms with Gasteiger partial charge in [-0.25, -0.2) is 18.0 Å². The standard InChI is InChI=1S/C26H19F3N2O2/c1-13(2)25-23(24-20(28)8-14(26(32)33)9-21(24)29)19-7-15-11-30-12-16(15)10-22(19)31(25)18-5-3-17(27)4-6-18/h3-10,12-13H,11H2,1-2H3,(H,32,33). The van der Waals surface area contributed by atoms with Crippen LogP contribution in [0.3, 0.4) is 0 Å². The van der Waals surface area contributed by atoms with Gasteiger partial charge in [0.15, 0.2) is 0 Å². The molecular formula is C26H19F3N2O2. The molecule has 33 heavy (non-hydrogen) atoms. The van der Waals surface area contributed by atoms with Crippen LogP contribution in [0, 0.1) is 17.5 Å². The number of fused-ring (bicyclic) bond motifs is 2. The molecule has 4 aromatic rings. The van der Waals surface area contributed by atoms with Gasteiger partial charge in [-0.05, 0) is 65.6 Å². The second-order valence-electron chi connectivity index (χ2n) is 8.38. The number of carboxylic acid groups (broad SMARTS) is 1. The van der Waals surface area contributed by atoms with Crippen molar-refractivity contribution in [2.24, 2.45) is 4.99 Å². The Hall–Kier alpha value is -3.87. The molecule has 0 saturated heterocycles. The normalized spacial score (nSPS) is 12.7. The molecule has 1 aromatic heterocycles. The van der Waals surface area contributed by atoms with Crippen LogP contribution in [0.5, 0.6) is 0 Å². The molecule has 0 aliphatic carbocycles. The van der Waals surface area contributed by atoms with Gasteiger partial charge in [0.2, 0.25) is 0 Å². The van der Waals surface area contributed by atoms with Gasteiger partial charge in [-0.2, -0.15) is 0 Å². The average molecular weight is 448 g/mol. The van der Waals surface area contributed by atoms with E-state index in [1.54, 1.807) is 18.3 Å². The molecule has 5 rings (SSSR count). The fraction of sp³-hybridized carbons (Fsp3) is 0.154. The van der Waals surface area contributed by atoms with E-state index in [1.807, 2.05) is 30.5 Å². The summed E-state index contributed by atoms with van der Waals surface area (Å²) in [5.41, 5.74) is 3.43. The van der Waals surface area contributed by atoms with Crippen LogP contribution in [-0.4, -0.2) is 21.9 Å². The summed E-state index contributed by atoms with van der Waals surface area (Å²) < 4.78 is 46.1. The van der Waals surface area contributed by atoms with Crippen LogP contribution in [-0.2, 0) is 6.54 Å². The van der Waals surface area contributed by atoms with Gasteiger partial charge in [0.25, 0.3) is 0 Å². The first-order chi connectivity index (χ1) is 15.8. The first kappa shape index (κ1) is 21.0. The number of rotatable bonds is 4. The molecule has 0 amide bonds. The Morgan fingerprint density at radius 2 is 1.67 bits per heavy atom. The Bertz CT molecular complexity index is 1440. The van der Waals surface area contributed by atoms with Crippen LogP contribution in [0.25, 0.3) is 27.7 Å². The third-order valence-corrected chi connectivity index (χ3v) is 5.93. The number of aliphatic imine (C=N–C) groups is 1. The van der Waals surface area contributed by atoms with E-state index in [0.29, 0.717) is 34.4 Å². The monoisotopic (exact) mass is 448 g/mol. The molecule has 7 heteroatoms. The van der Waals surface area contributed by atoms with Crippen molar-refractivity contribution in [2.75, 3.05) is 0 Å². The van der Waals surface area contributed by atoms with Crippen LogP contribution >= 0.6 is 0 Å². The summed E-state index contributed by atoms with van der Waals surface area (Å²) in [6, 6.07) is 11.4. The summed E-state index contributed by atoms with van der Waals surface area (Å²) in [4.78, 5) is 15.6. The van der Waals surface area contributed by atoms with Crippen molar-refractivity contribution in [1.82, 2.24) is 4.57 Å². The van der Waals surface area contributed by atoms with Gasteiger partial charge >= 0.3 is 5.97 Å². The highest BCUT2D eigenvalue weighted by Gasteiger charge is 2.28. The zero-order valence-electron chi connectivity index (χ0n) is 17.9. The topological polar surface area (TPSA) is 54.6 Å². The maximum Gasteiger partial charge on any atom is 0.335 e. The zero-order valence-corrected chi connectivity index (χ0v) is 17.9. The summed E-state index contributed by atoms with van der Waals surface area (Å²) >= 11 is 0. The predicted octanol–water partition coefficient (Wildman–Crippen LogP) is 6.47. The quantitative estimate of drug-likeness (QED) is 0.389. The molecule has 0 atom stereocenters. The molecule has 166 valence electrons. The Morgan fingerprint density at radius 1 is 1.00 bits per heavy atom. The summed E-state index contributed by atoms with van der Waals surface area (Å²) in [6.45, 7) is 4.29. The molecule has 1 N–H and O–H groups in total. The molecule has 2 heterocycles. The molecule has 0 bridgehead atoms. The lowest BCUT2D eigenvalue weighted by atomic mass is 9.94. The average Bonchev–Trinajstić information content (AvgIpc) is 3.34. The van der Waals surface area contributed by atoms with Crippen molar-refractivity contribution >= 4 is 23.1 Å². The molecular weight excluding hydrogens is 429 g/mol. The number of hydrogen-bond donors (Lipinski definition) is 1. The van der Waals surface area contributed by atoms with E-state index < -0.39 is 29.0 Å². The predicted molar refractivity (Wildman–Crippen MR) is 121 cm³/mol. The summed E-state index contributed by atoms with van der Waals surface area (Å²) in [5, 5.41) is 9.83. The molecule has 4 nitrogen and oxygen atoms in total. The number of halogens is 3. The van der Waals surface area contributed by atoms with E-state index >= 15 is 8.78 Å². The molecule has 0 spiro atoms. The molecule has 0 radical (unpaired) electrons. The van der Waals surface area contributed by atoms with Crippen LogP contribution in [0.1, 0.15) is 46.9 Å². The van der Waals surface area contributed by atoms with Gasteiger partial charge in [0.1, 0.15) is 17.5 Å². The Morgan fingerprint density at radius 3 is 2.27 bits per heavy atom. The minimum Gasteiger partial charge on any atom is -0.478 e. The number of carbonyl (C=O) groups is 1. The van der Waals surface area contributed by atoms with E-state index in [1.165, 1.54) is 12.1 Å². The van der Waals surface area contributed by atoms with Gasteiger partial charge in [-0.3, -0.25) is 4.99 Å². The maximum atomic E-state index is 15.3. The van der Waals surface area contributed by atoms with Crippen molar-refractivity contribution < 1.29 is 23.1 Å². The Kier molecular flexibility index (Phi) is 4.85. The second kappa shape index (κ2) is 7.62. The highest BCUT2D eigenvalue weighted by molar-refractivity contribution is 6.03. The molecule has 1 aliphatic rings. The first-order valence-corrected chi connectivity index (χ1v) is 10.5. The number of aromatic nitrogens is 1. The summed E-state index contributed by atoms with van der Waals surface area (Å²) in [6.07, 6.45) is 1.76.